The van der Waals surface area contributed by atoms with Crippen LogP contribution < -0.4 is 0 Å². The predicted molar refractivity (Wildman–Crippen MR) is 69.8 cm³/mol. The molecule has 0 aromatic heterocycles. The first-order valence-electron chi connectivity index (χ1n) is 6.22. The third-order valence-corrected chi connectivity index (χ3v) is 3.49. The van der Waals surface area contributed by atoms with Gasteiger partial charge in [0, 0.05) is 5.54 Å². The minimum atomic E-state index is -1.15. The van der Waals surface area contributed by atoms with E-state index < -0.39 is 29.9 Å². The topological polar surface area (TPSA) is 81.0 Å². The number of rotatable bonds is 1. The van der Waals surface area contributed by atoms with E-state index in [9.17, 15) is 20.1 Å². The summed E-state index contributed by atoms with van der Waals surface area (Å²) < 4.78 is 0. The van der Waals surface area contributed by atoms with Crippen molar-refractivity contribution in [3.05, 3.63) is 35.4 Å². The lowest BCUT2D eigenvalue weighted by molar-refractivity contribution is -0.0396. The second kappa shape index (κ2) is 4.51. The maximum absolute atomic E-state index is 11.5. The molecule has 5 nitrogen and oxygen atoms in total. The molecule has 1 aromatic rings. The Morgan fingerprint density at radius 2 is 1.68 bits per heavy atom. The van der Waals surface area contributed by atoms with Crippen molar-refractivity contribution >= 4 is 6.09 Å². The number of carboxylic acid groups (broad SMARTS) is 1. The van der Waals surface area contributed by atoms with E-state index in [1.807, 2.05) is 0 Å². The zero-order chi connectivity index (χ0) is 14.4. The maximum atomic E-state index is 11.5. The van der Waals surface area contributed by atoms with Crippen LogP contribution in [0.2, 0.25) is 0 Å². The Kier molecular flexibility index (Phi) is 3.28. The van der Waals surface area contributed by atoms with E-state index in [2.05, 4.69) is 0 Å². The van der Waals surface area contributed by atoms with Crippen molar-refractivity contribution in [1.82, 2.24) is 4.90 Å². The fourth-order valence-corrected chi connectivity index (χ4v) is 2.71. The molecule has 1 amide bonds. The quantitative estimate of drug-likeness (QED) is 0.724. The van der Waals surface area contributed by atoms with E-state index in [0.29, 0.717) is 11.1 Å². The molecule has 0 radical (unpaired) electrons. The van der Waals surface area contributed by atoms with Crippen LogP contribution in [-0.4, -0.2) is 38.0 Å². The van der Waals surface area contributed by atoms with Crippen molar-refractivity contribution in [2.75, 3.05) is 0 Å². The summed E-state index contributed by atoms with van der Waals surface area (Å²) in [7, 11) is 0. The van der Waals surface area contributed by atoms with Gasteiger partial charge in [-0.1, -0.05) is 24.3 Å². The van der Waals surface area contributed by atoms with E-state index in [1.165, 1.54) is 4.90 Å². The Labute approximate surface area is 112 Å². The number of hydrogen-bond acceptors (Lipinski definition) is 3. The molecule has 0 spiro atoms. The van der Waals surface area contributed by atoms with E-state index in [-0.39, 0.29) is 0 Å². The van der Waals surface area contributed by atoms with Gasteiger partial charge in [-0.25, -0.2) is 4.79 Å². The largest absolute Gasteiger partial charge is 0.465 e. The Morgan fingerprint density at radius 3 is 2.16 bits per heavy atom. The van der Waals surface area contributed by atoms with Crippen molar-refractivity contribution in [2.24, 2.45) is 0 Å². The highest BCUT2D eigenvalue weighted by Crippen LogP contribution is 2.44. The fourth-order valence-electron chi connectivity index (χ4n) is 2.71. The number of aliphatic hydroxyl groups excluding tert-OH is 2. The number of amides is 1. The highest BCUT2D eigenvalue weighted by molar-refractivity contribution is 5.67. The highest BCUT2D eigenvalue weighted by atomic mass is 16.4. The summed E-state index contributed by atoms with van der Waals surface area (Å²) in [5.41, 5.74) is 0.588. The third-order valence-electron chi connectivity index (χ3n) is 3.49. The molecule has 19 heavy (non-hydrogen) atoms. The SMILES string of the molecule is CC(C)(C)N(C(=O)O)[C@@H]1c2ccccc2C(O)[C@@H]1O. The molecule has 0 bridgehead atoms. The highest BCUT2D eigenvalue weighted by Gasteiger charge is 2.46. The first-order valence-corrected chi connectivity index (χ1v) is 6.22. The molecule has 0 saturated carbocycles. The van der Waals surface area contributed by atoms with Gasteiger partial charge >= 0.3 is 6.09 Å². The average Bonchev–Trinajstić information content (AvgIpc) is 2.53. The second-order valence-electron chi connectivity index (χ2n) is 5.83. The number of nitrogens with zero attached hydrogens (tertiary/aromatic N) is 1. The molecule has 1 unspecified atom stereocenters. The summed E-state index contributed by atoms with van der Waals surface area (Å²) in [6, 6.07) is 6.26. The molecule has 1 aromatic carbocycles. The Morgan fingerprint density at radius 1 is 1.16 bits per heavy atom. The Bertz CT molecular complexity index is 494. The molecule has 3 atom stereocenters. The second-order valence-corrected chi connectivity index (χ2v) is 5.83. The lowest BCUT2D eigenvalue weighted by atomic mass is 9.99. The van der Waals surface area contributed by atoms with Crippen LogP contribution in [0, 0.1) is 0 Å². The molecule has 0 fully saturated rings. The van der Waals surface area contributed by atoms with Crippen LogP contribution >= 0.6 is 0 Å². The molecule has 2 rings (SSSR count). The Balaban J connectivity index is 2.53. The molecule has 0 heterocycles. The average molecular weight is 265 g/mol. The molecule has 0 aliphatic heterocycles. The van der Waals surface area contributed by atoms with Crippen LogP contribution in [0.1, 0.15) is 44.0 Å². The fraction of sp³-hybridized carbons (Fsp3) is 0.500. The smallest absolute Gasteiger partial charge is 0.408 e. The normalized spacial score (nSPS) is 26.1. The van der Waals surface area contributed by atoms with E-state index >= 15 is 0 Å². The number of benzene rings is 1. The summed E-state index contributed by atoms with van der Waals surface area (Å²) in [6.45, 7) is 5.30. The van der Waals surface area contributed by atoms with Crippen LogP contribution in [0.5, 0.6) is 0 Å². The van der Waals surface area contributed by atoms with Crippen LogP contribution in [0.25, 0.3) is 0 Å². The van der Waals surface area contributed by atoms with Crippen LogP contribution in [0.4, 0.5) is 4.79 Å². The van der Waals surface area contributed by atoms with Crippen molar-refractivity contribution in [3.63, 3.8) is 0 Å². The lowest BCUT2D eigenvalue weighted by Gasteiger charge is -2.39. The molecule has 0 saturated heterocycles. The van der Waals surface area contributed by atoms with Crippen molar-refractivity contribution in [1.29, 1.82) is 0 Å². The van der Waals surface area contributed by atoms with Crippen LogP contribution in [0.3, 0.4) is 0 Å². The minimum absolute atomic E-state index is 0.593. The summed E-state index contributed by atoms with van der Waals surface area (Å²) in [5.74, 6) is 0. The van der Waals surface area contributed by atoms with Crippen LogP contribution in [-0.2, 0) is 0 Å². The Hall–Kier alpha value is -1.59. The standard InChI is InChI=1S/C14H19NO4/c1-14(2,3)15(13(18)19)10-8-6-4-5-7-9(8)11(16)12(10)17/h4-7,10-12,16-17H,1-3H3,(H,18,19)/t10-,11?,12-/m1/s1. The van der Waals surface area contributed by atoms with Gasteiger partial charge in [-0.2, -0.15) is 0 Å². The zero-order valence-electron chi connectivity index (χ0n) is 11.2. The van der Waals surface area contributed by atoms with Gasteiger partial charge in [0.1, 0.15) is 12.2 Å². The third kappa shape index (κ3) is 2.19. The van der Waals surface area contributed by atoms with Gasteiger partial charge in [-0.05, 0) is 31.9 Å². The number of aliphatic hydroxyl groups is 2. The van der Waals surface area contributed by atoms with Crippen molar-refractivity contribution < 1.29 is 20.1 Å². The monoisotopic (exact) mass is 265 g/mol. The zero-order valence-corrected chi connectivity index (χ0v) is 11.2. The van der Waals surface area contributed by atoms with Gasteiger partial charge in [-0.3, -0.25) is 4.90 Å². The summed E-state index contributed by atoms with van der Waals surface area (Å²) in [4.78, 5) is 12.7. The van der Waals surface area contributed by atoms with Gasteiger partial charge in [0.2, 0.25) is 0 Å². The molecule has 5 heteroatoms. The van der Waals surface area contributed by atoms with Gasteiger partial charge in [-0.15, -0.1) is 0 Å². The first kappa shape index (κ1) is 13.8. The molecule has 1 aliphatic rings. The van der Waals surface area contributed by atoms with E-state index in [4.69, 9.17) is 0 Å². The number of hydrogen-bond donors (Lipinski definition) is 3. The first-order chi connectivity index (χ1) is 8.75. The molecular weight excluding hydrogens is 246 g/mol. The lowest BCUT2D eigenvalue weighted by Crippen LogP contribution is -2.49. The van der Waals surface area contributed by atoms with Gasteiger partial charge < -0.3 is 15.3 Å². The van der Waals surface area contributed by atoms with E-state index in [1.54, 1.807) is 45.0 Å². The predicted octanol–water partition coefficient (Wildman–Crippen LogP) is 1.91. The summed E-state index contributed by atoms with van der Waals surface area (Å²) >= 11 is 0. The summed E-state index contributed by atoms with van der Waals surface area (Å²) in [5, 5.41) is 29.7. The van der Waals surface area contributed by atoms with Crippen molar-refractivity contribution in [2.45, 2.75) is 44.6 Å². The van der Waals surface area contributed by atoms with Crippen molar-refractivity contribution in [3.8, 4) is 0 Å². The number of fused-ring (bicyclic) bond motifs is 1. The minimum Gasteiger partial charge on any atom is -0.465 e. The van der Waals surface area contributed by atoms with E-state index in [0.717, 1.165) is 0 Å². The molecule has 3 N–H and O–H groups in total. The van der Waals surface area contributed by atoms with Gasteiger partial charge in [0.05, 0.1) is 6.04 Å². The number of carbonyl (C=O) groups is 1. The van der Waals surface area contributed by atoms with Crippen LogP contribution in [0.15, 0.2) is 24.3 Å². The maximum Gasteiger partial charge on any atom is 0.408 e. The van der Waals surface area contributed by atoms with Gasteiger partial charge in [0.15, 0.2) is 0 Å². The molecule has 104 valence electrons. The van der Waals surface area contributed by atoms with Gasteiger partial charge in [0.25, 0.3) is 0 Å². The summed E-state index contributed by atoms with van der Waals surface area (Å²) in [6.07, 6.45) is -3.31. The molecular formula is C14H19NO4. The molecule has 1 aliphatic carbocycles.